The van der Waals surface area contributed by atoms with Gasteiger partial charge in [0.1, 0.15) is 6.61 Å². The predicted octanol–water partition coefficient (Wildman–Crippen LogP) is 4.40. The first-order valence-corrected chi connectivity index (χ1v) is 15.2. The van der Waals surface area contributed by atoms with Crippen LogP contribution >= 0.6 is 0 Å². The first-order chi connectivity index (χ1) is 17.0. The number of benzene rings is 1. The number of sulfonamides is 1. The van der Waals surface area contributed by atoms with Crippen LogP contribution in [0.3, 0.4) is 0 Å². The average Bonchev–Trinajstić information content (AvgIpc) is 3.14. The van der Waals surface area contributed by atoms with Crippen LogP contribution in [0.1, 0.15) is 75.8 Å². The van der Waals surface area contributed by atoms with Gasteiger partial charge in [0.05, 0.1) is 17.0 Å². The van der Waals surface area contributed by atoms with E-state index in [4.69, 9.17) is 4.74 Å². The van der Waals surface area contributed by atoms with Gasteiger partial charge in [-0.05, 0) is 75.0 Å². The molecule has 4 heterocycles. The fourth-order valence-electron chi connectivity index (χ4n) is 7.61. The Labute approximate surface area is 209 Å². The summed E-state index contributed by atoms with van der Waals surface area (Å²) in [6, 6.07) is 7.48. The van der Waals surface area contributed by atoms with Crippen LogP contribution in [-0.2, 0) is 14.8 Å². The Balaban J connectivity index is 1.02. The summed E-state index contributed by atoms with van der Waals surface area (Å²) in [5.41, 5.74) is 0.892. The maximum Gasteiger partial charge on any atom is 0.409 e. The highest BCUT2D eigenvalue weighted by molar-refractivity contribution is 7.89. The fraction of sp³-hybridized carbons (Fsp3) is 0.741. The first kappa shape index (κ1) is 23.7. The second kappa shape index (κ2) is 9.67. The summed E-state index contributed by atoms with van der Waals surface area (Å²) < 4.78 is 33.8. The third-order valence-corrected chi connectivity index (χ3v) is 11.5. The van der Waals surface area contributed by atoms with E-state index < -0.39 is 10.0 Å². The van der Waals surface area contributed by atoms with Crippen LogP contribution in [0.25, 0.3) is 0 Å². The zero-order chi connectivity index (χ0) is 24.0. The molecule has 192 valence electrons. The number of amides is 1. The lowest BCUT2D eigenvalue weighted by atomic mass is 9.74. The summed E-state index contributed by atoms with van der Waals surface area (Å²) in [5.74, 6) is 1.83. The van der Waals surface area contributed by atoms with Crippen LogP contribution in [0.15, 0.2) is 29.2 Å². The lowest BCUT2D eigenvalue weighted by Gasteiger charge is -2.46. The van der Waals surface area contributed by atoms with Crippen molar-refractivity contribution in [3.63, 3.8) is 0 Å². The van der Waals surface area contributed by atoms with Crippen molar-refractivity contribution in [2.75, 3.05) is 32.8 Å². The number of likely N-dealkylation sites (tertiary alicyclic amines) is 2. The van der Waals surface area contributed by atoms with Crippen molar-refractivity contribution in [2.24, 2.45) is 11.8 Å². The van der Waals surface area contributed by atoms with E-state index in [0.29, 0.717) is 10.9 Å². The number of rotatable bonds is 3. The topological polar surface area (TPSA) is 70.2 Å². The summed E-state index contributed by atoms with van der Waals surface area (Å²) in [4.78, 5) is 17.9. The summed E-state index contributed by atoms with van der Waals surface area (Å²) in [6.07, 6.45) is 11.2. The summed E-state index contributed by atoms with van der Waals surface area (Å²) in [6.45, 7) is 4.06. The lowest BCUT2D eigenvalue weighted by Crippen LogP contribution is -2.52. The number of hydrogen-bond acceptors (Lipinski definition) is 5. The van der Waals surface area contributed by atoms with Crippen molar-refractivity contribution in [3.8, 4) is 0 Å². The number of nitrogens with zero attached hydrogens (tertiary/aromatic N) is 3. The van der Waals surface area contributed by atoms with Crippen molar-refractivity contribution >= 4 is 16.1 Å². The van der Waals surface area contributed by atoms with Crippen LogP contribution in [-0.4, -0.2) is 73.5 Å². The predicted molar refractivity (Wildman–Crippen MR) is 133 cm³/mol. The zero-order valence-electron chi connectivity index (χ0n) is 20.7. The molecule has 1 saturated carbocycles. The van der Waals surface area contributed by atoms with Gasteiger partial charge in [-0.3, -0.25) is 4.90 Å². The Bertz CT molecular complexity index is 1040. The van der Waals surface area contributed by atoms with E-state index in [2.05, 4.69) is 4.90 Å². The zero-order valence-corrected chi connectivity index (χ0v) is 21.5. The normalized spacial score (nSPS) is 33.5. The van der Waals surface area contributed by atoms with Crippen LogP contribution in [0.2, 0.25) is 0 Å². The second-order valence-corrected chi connectivity index (χ2v) is 13.2. The largest absolute Gasteiger partial charge is 0.448 e. The molecule has 6 rings (SSSR count). The smallest absolute Gasteiger partial charge is 0.409 e. The van der Waals surface area contributed by atoms with Gasteiger partial charge < -0.3 is 9.64 Å². The molecule has 3 saturated heterocycles. The van der Waals surface area contributed by atoms with Crippen LogP contribution in [0, 0.1) is 11.8 Å². The van der Waals surface area contributed by atoms with Crippen LogP contribution in [0.4, 0.5) is 4.79 Å². The van der Waals surface area contributed by atoms with Crippen molar-refractivity contribution < 1.29 is 17.9 Å². The van der Waals surface area contributed by atoms with Gasteiger partial charge in [0, 0.05) is 25.7 Å². The van der Waals surface area contributed by atoms with E-state index in [1.807, 2.05) is 17.0 Å². The van der Waals surface area contributed by atoms with E-state index in [1.54, 1.807) is 16.4 Å². The maximum absolute atomic E-state index is 13.2. The number of piperidine rings is 3. The quantitative estimate of drug-likeness (QED) is 0.614. The number of carbonyl (C=O) groups is 1. The molecular weight excluding hydrogens is 462 g/mol. The molecule has 7 nitrogen and oxygen atoms in total. The highest BCUT2D eigenvalue weighted by Gasteiger charge is 2.48. The molecule has 1 aromatic carbocycles. The van der Waals surface area contributed by atoms with Gasteiger partial charge in [-0.1, -0.05) is 37.5 Å². The molecule has 2 unspecified atom stereocenters. The van der Waals surface area contributed by atoms with Gasteiger partial charge in [0.25, 0.3) is 0 Å². The van der Waals surface area contributed by atoms with E-state index >= 15 is 0 Å². The minimum Gasteiger partial charge on any atom is -0.448 e. The Morgan fingerprint density at radius 2 is 1.66 bits per heavy atom. The number of fused-ring (bicyclic) bond motifs is 4. The van der Waals surface area contributed by atoms with Crippen LogP contribution < -0.4 is 0 Å². The van der Waals surface area contributed by atoms with E-state index in [0.717, 1.165) is 62.6 Å². The van der Waals surface area contributed by atoms with E-state index in [-0.39, 0.29) is 24.8 Å². The van der Waals surface area contributed by atoms with Crippen molar-refractivity contribution in [1.29, 1.82) is 0 Å². The number of ether oxygens (including phenoxy) is 1. The molecule has 5 aliphatic rings. The van der Waals surface area contributed by atoms with Gasteiger partial charge in [-0.2, -0.15) is 4.31 Å². The summed E-state index contributed by atoms with van der Waals surface area (Å²) >= 11 is 0. The third kappa shape index (κ3) is 4.40. The molecule has 1 amide bonds. The Kier molecular flexibility index (Phi) is 6.56. The number of carbonyl (C=O) groups excluding carboxylic acids is 1. The molecular formula is C27H39N3O4S. The lowest BCUT2D eigenvalue weighted by molar-refractivity contribution is 0.0227. The Morgan fingerprint density at radius 1 is 0.886 bits per heavy atom. The molecule has 0 spiro atoms. The van der Waals surface area contributed by atoms with E-state index in [9.17, 15) is 13.2 Å². The molecule has 8 heteroatoms. The Morgan fingerprint density at radius 3 is 2.49 bits per heavy atom. The maximum atomic E-state index is 13.2. The molecule has 1 aliphatic carbocycles. The molecule has 4 fully saturated rings. The summed E-state index contributed by atoms with van der Waals surface area (Å²) in [7, 11) is -3.53. The number of hydrogen-bond donors (Lipinski definition) is 0. The van der Waals surface area contributed by atoms with Crippen molar-refractivity contribution in [3.05, 3.63) is 29.8 Å². The van der Waals surface area contributed by atoms with Crippen molar-refractivity contribution in [1.82, 2.24) is 14.1 Å². The molecule has 1 aromatic rings. The van der Waals surface area contributed by atoms with Crippen molar-refractivity contribution in [2.45, 2.75) is 87.2 Å². The Hall–Kier alpha value is -1.64. The van der Waals surface area contributed by atoms with Gasteiger partial charge in [0.15, 0.2) is 0 Å². The first-order valence-electron chi connectivity index (χ1n) is 13.8. The monoisotopic (exact) mass is 501 g/mol. The van der Waals surface area contributed by atoms with Gasteiger partial charge in [-0.25, -0.2) is 13.2 Å². The molecule has 0 N–H and O–H groups in total. The minimum absolute atomic E-state index is 0.127. The molecule has 4 atom stereocenters. The minimum atomic E-state index is -3.53. The SMILES string of the molecule is O=C(OC[C@H]1CCC[C@H]2c3ccccc3S(=O)(=O)N12)N1CCC(N2CCC3CCCCC3C2)CC1. The fourth-order valence-corrected chi connectivity index (χ4v) is 9.70. The average molecular weight is 502 g/mol. The summed E-state index contributed by atoms with van der Waals surface area (Å²) in [5, 5.41) is 0. The van der Waals surface area contributed by atoms with Gasteiger partial charge in [0.2, 0.25) is 10.0 Å². The standard InChI is InChI=1S/C27H39N3O4S/c31-27(28-16-13-22(14-17-28)29-15-12-20-6-1-2-7-21(20)18-29)34-19-23-8-5-10-25-24-9-3-4-11-26(24)35(32,33)30(23)25/h3-4,9,11,20-23,25H,1-2,5-8,10,12-19H2/t20?,21?,23-,25+/m1/s1. The van der Waals surface area contributed by atoms with E-state index in [1.165, 1.54) is 45.2 Å². The molecule has 35 heavy (non-hydrogen) atoms. The molecule has 4 aliphatic heterocycles. The molecule has 0 radical (unpaired) electrons. The molecule has 0 bridgehead atoms. The second-order valence-electron chi connectivity index (χ2n) is 11.4. The third-order valence-electron chi connectivity index (χ3n) is 9.48. The highest BCUT2D eigenvalue weighted by atomic mass is 32.2. The van der Waals surface area contributed by atoms with Gasteiger partial charge in [-0.15, -0.1) is 0 Å². The highest BCUT2D eigenvalue weighted by Crippen LogP contribution is 2.46. The van der Waals surface area contributed by atoms with Crippen LogP contribution in [0.5, 0.6) is 0 Å². The molecule has 0 aromatic heterocycles. The van der Waals surface area contributed by atoms with Gasteiger partial charge >= 0.3 is 6.09 Å².